The highest BCUT2D eigenvalue weighted by molar-refractivity contribution is 6.32. The normalized spacial score (nSPS) is 12.9. The molecule has 1 aromatic heterocycles. The Hall–Kier alpha value is -3.26. The lowest BCUT2D eigenvalue weighted by molar-refractivity contribution is 0.0949. The minimum atomic E-state index is -0.301. The van der Waals surface area contributed by atoms with Gasteiger partial charge < -0.3 is 19.5 Å². The molecular formula is C20H19ClN4O4. The van der Waals surface area contributed by atoms with Crippen molar-refractivity contribution >= 4 is 17.5 Å². The van der Waals surface area contributed by atoms with Crippen molar-refractivity contribution in [2.75, 3.05) is 20.3 Å². The Labute approximate surface area is 172 Å². The van der Waals surface area contributed by atoms with E-state index in [2.05, 4.69) is 20.5 Å². The maximum absolute atomic E-state index is 12.5. The van der Waals surface area contributed by atoms with Crippen molar-refractivity contribution in [3.05, 3.63) is 52.8 Å². The van der Waals surface area contributed by atoms with E-state index in [1.165, 1.54) is 0 Å². The van der Waals surface area contributed by atoms with Gasteiger partial charge in [0.2, 0.25) is 0 Å². The summed E-state index contributed by atoms with van der Waals surface area (Å²) in [6, 6.07) is 10.6. The third kappa shape index (κ3) is 4.27. The van der Waals surface area contributed by atoms with E-state index in [9.17, 15) is 4.79 Å². The number of carbonyl (C=O) groups is 1. The van der Waals surface area contributed by atoms with Gasteiger partial charge in [0.25, 0.3) is 5.91 Å². The third-order valence-corrected chi connectivity index (χ3v) is 4.64. The molecule has 2 aromatic carbocycles. The highest BCUT2D eigenvalue weighted by Crippen LogP contribution is 2.38. The van der Waals surface area contributed by atoms with Gasteiger partial charge in [0.05, 0.1) is 31.9 Å². The Morgan fingerprint density at radius 2 is 2.03 bits per heavy atom. The largest absolute Gasteiger partial charge is 0.497 e. The van der Waals surface area contributed by atoms with Crippen LogP contribution < -0.4 is 19.5 Å². The first kappa shape index (κ1) is 19.1. The zero-order valence-electron chi connectivity index (χ0n) is 15.7. The Balaban J connectivity index is 1.43. The Kier molecular flexibility index (Phi) is 5.53. The second-order valence-corrected chi connectivity index (χ2v) is 6.76. The average molecular weight is 415 g/mol. The average Bonchev–Trinajstić information content (AvgIpc) is 3.09. The quantitative estimate of drug-likeness (QED) is 0.665. The lowest BCUT2D eigenvalue weighted by atomic mass is 10.2. The van der Waals surface area contributed by atoms with Crippen LogP contribution in [0.5, 0.6) is 17.2 Å². The molecule has 9 heteroatoms. The molecule has 4 rings (SSSR count). The Bertz CT molecular complexity index is 1020. The van der Waals surface area contributed by atoms with E-state index in [1.807, 2.05) is 24.3 Å². The van der Waals surface area contributed by atoms with Gasteiger partial charge in [0, 0.05) is 17.5 Å². The fourth-order valence-corrected chi connectivity index (χ4v) is 3.14. The number of aromatic amines is 1. The van der Waals surface area contributed by atoms with Gasteiger partial charge in [-0.15, -0.1) is 0 Å². The van der Waals surface area contributed by atoms with E-state index in [0.717, 1.165) is 17.7 Å². The SMILES string of the molecule is COc1ccc(-c2n[nH]c(CNC(=O)c3cc(Cl)c4c(c3)OCCCO4)n2)cc1. The lowest BCUT2D eigenvalue weighted by Crippen LogP contribution is -2.23. The second kappa shape index (κ2) is 8.40. The van der Waals surface area contributed by atoms with E-state index in [4.69, 9.17) is 25.8 Å². The zero-order valence-corrected chi connectivity index (χ0v) is 16.5. The number of carbonyl (C=O) groups excluding carboxylic acids is 1. The number of halogens is 1. The van der Waals surface area contributed by atoms with Crippen molar-refractivity contribution in [1.29, 1.82) is 0 Å². The fourth-order valence-electron chi connectivity index (χ4n) is 2.87. The number of H-pyrrole nitrogens is 1. The Morgan fingerprint density at radius 3 is 2.83 bits per heavy atom. The summed E-state index contributed by atoms with van der Waals surface area (Å²) in [5, 5.41) is 10.2. The van der Waals surface area contributed by atoms with Crippen LogP contribution in [0, 0.1) is 0 Å². The predicted octanol–water partition coefficient (Wildman–Crippen LogP) is 3.23. The van der Waals surface area contributed by atoms with Gasteiger partial charge >= 0.3 is 0 Å². The molecule has 0 radical (unpaired) electrons. The van der Waals surface area contributed by atoms with Crippen LogP contribution in [0.3, 0.4) is 0 Å². The molecule has 1 aliphatic heterocycles. The van der Waals surface area contributed by atoms with E-state index in [-0.39, 0.29) is 12.5 Å². The number of fused-ring (bicyclic) bond motifs is 1. The van der Waals surface area contributed by atoms with Crippen LogP contribution in [0.15, 0.2) is 36.4 Å². The number of hydrogen-bond donors (Lipinski definition) is 2. The Morgan fingerprint density at radius 1 is 1.24 bits per heavy atom. The molecule has 2 N–H and O–H groups in total. The summed E-state index contributed by atoms with van der Waals surface area (Å²) in [7, 11) is 1.61. The van der Waals surface area contributed by atoms with Crippen LogP contribution in [0.25, 0.3) is 11.4 Å². The number of ether oxygens (including phenoxy) is 3. The van der Waals surface area contributed by atoms with Crippen LogP contribution in [0.4, 0.5) is 0 Å². The number of amides is 1. The lowest BCUT2D eigenvalue weighted by Gasteiger charge is -2.11. The molecule has 0 saturated carbocycles. The molecule has 1 amide bonds. The molecule has 29 heavy (non-hydrogen) atoms. The topological polar surface area (TPSA) is 98.4 Å². The minimum Gasteiger partial charge on any atom is -0.497 e. The maximum Gasteiger partial charge on any atom is 0.251 e. The molecule has 8 nitrogen and oxygen atoms in total. The van der Waals surface area contributed by atoms with Crippen molar-refractivity contribution in [2.24, 2.45) is 0 Å². The maximum atomic E-state index is 12.5. The van der Waals surface area contributed by atoms with Crippen molar-refractivity contribution in [1.82, 2.24) is 20.5 Å². The van der Waals surface area contributed by atoms with Crippen molar-refractivity contribution in [3.8, 4) is 28.6 Å². The molecule has 0 spiro atoms. The van der Waals surface area contributed by atoms with E-state index in [1.54, 1.807) is 19.2 Å². The van der Waals surface area contributed by atoms with Gasteiger partial charge in [-0.2, -0.15) is 5.10 Å². The molecule has 0 aliphatic carbocycles. The van der Waals surface area contributed by atoms with E-state index >= 15 is 0 Å². The summed E-state index contributed by atoms with van der Waals surface area (Å²) in [4.78, 5) is 17.0. The van der Waals surface area contributed by atoms with Crippen LogP contribution in [-0.2, 0) is 6.54 Å². The standard InChI is InChI=1S/C20H19ClN4O4/c1-27-14-5-3-12(4-6-14)19-23-17(24-25-19)11-22-20(26)13-9-15(21)18-16(10-13)28-7-2-8-29-18/h3-6,9-10H,2,7-8,11H2,1H3,(H,22,26)(H,23,24,25). The van der Waals surface area contributed by atoms with Crippen LogP contribution in [0.2, 0.25) is 5.02 Å². The molecule has 0 bridgehead atoms. The summed E-state index contributed by atoms with van der Waals surface area (Å²) >= 11 is 6.25. The van der Waals surface area contributed by atoms with Crippen molar-refractivity contribution in [2.45, 2.75) is 13.0 Å². The van der Waals surface area contributed by atoms with Crippen molar-refractivity contribution in [3.63, 3.8) is 0 Å². The van der Waals surface area contributed by atoms with Gasteiger partial charge in [-0.25, -0.2) is 4.98 Å². The minimum absolute atomic E-state index is 0.189. The first-order valence-electron chi connectivity index (χ1n) is 9.07. The van der Waals surface area contributed by atoms with Gasteiger partial charge in [-0.05, 0) is 36.4 Å². The molecule has 150 valence electrons. The molecule has 1 aliphatic rings. The molecule has 3 aromatic rings. The predicted molar refractivity (Wildman–Crippen MR) is 107 cm³/mol. The summed E-state index contributed by atoms with van der Waals surface area (Å²) < 4.78 is 16.4. The highest BCUT2D eigenvalue weighted by Gasteiger charge is 2.18. The number of methoxy groups -OCH3 is 1. The van der Waals surface area contributed by atoms with E-state index < -0.39 is 0 Å². The number of nitrogens with one attached hydrogen (secondary N) is 2. The summed E-state index contributed by atoms with van der Waals surface area (Å²) in [6.45, 7) is 1.23. The number of aromatic nitrogens is 3. The van der Waals surface area contributed by atoms with Crippen molar-refractivity contribution < 1.29 is 19.0 Å². The molecule has 0 saturated heterocycles. The monoisotopic (exact) mass is 414 g/mol. The molecule has 2 heterocycles. The number of nitrogens with zero attached hydrogens (tertiary/aromatic N) is 2. The van der Waals surface area contributed by atoms with Crippen LogP contribution >= 0.6 is 11.6 Å². The van der Waals surface area contributed by atoms with Crippen LogP contribution in [-0.4, -0.2) is 41.4 Å². The first-order chi connectivity index (χ1) is 14.1. The molecule has 0 atom stereocenters. The fraction of sp³-hybridized carbons (Fsp3) is 0.250. The van der Waals surface area contributed by atoms with E-state index in [0.29, 0.717) is 46.9 Å². The highest BCUT2D eigenvalue weighted by atomic mass is 35.5. The zero-order chi connectivity index (χ0) is 20.2. The summed E-state index contributed by atoms with van der Waals surface area (Å²) in [6.07, 6.45) is 0.758. The number of rotatable bonds is 5. The smallest absolute Gasteiger partial charge is 0.251 e. The number of hydrogen-bond acceptors (Lipinski definition) is 6. The van der Waals surface area contributed by atoms with Gasteiger partial charge in [0.15, 0.2) is 17.3 Å². The van der Waals surface area contributed by atoms with Gasteiger partial charge in [0.1, 0.15) is 11.6 Å². The van der Waals surface area contributed by atoms with Gasteiger partial charge in [-0.1, -0.05) is 11.6 Å². The first-order valence-corrected chi connectivity index (χ1v) is 9.45. The molecule has 0 fully saturated rings. The van der Waals surface area contributed by atoms with Gasteiger partial charge in [-0.3, -0.25) is 9.89 Å². The molecule has 0 unspecified atom stereocenters. The second-order valence-electron chi connectivity index (χ2n) is 6.35. The third-order valence-electron chi connectivity index (χ3n) is 4.36. The molecular weight excluding hydrogens is 396 g/mol. The van der Waals surface area contributed by atoms with Crippen LogP contribution in [0.1, 0.15) is 22.6 Å². The summed E-state index contributed by atoms with van der Waals surface area (Å²) in [5.74, 6) is 2.47. The summed E-state index contributed by atoms with van der Waals surface area (Å²) in [5.41, 5.74) is 1.23. The number of benzene rings is 2.